The molecule has 4 aromatic rings. The first kappa shape index (κ1) is 22.9. The minimum Gasteiger partial charge on any atom is -0.367 e. The number of H-pyrrole nitrogens is 1. The van der Waals surface area contributed by atoms with E-state index in [9.17, 15) is 9.59 Å². The van der Waals surface area contributed by atoms with Crippen molar-refractivity contribution in [3.8, 4) is 0 Å². The SMILES string of the molecule is [CH2][C@H](C(=O)N1CCN(c2ccnc3[nH]cc(NC(=O)c4cccnc4)c23)CC1)c1ccc(Cl)cc1. The molecule has 0 bridgehead atoms. The largest absolute Gasteiger partial charge is 0.367 e. The van der Waals surface area contributed by atoms with E-state index in [1.807, 2.05) is 23.1 Å². The molecule has 177 valence electrons. The van der Waals surface area contributed by atoms with E-state index in [2.05, 4.69) is 32.1 Å². The van der Waals surface area contributed by atoms with Gasteiger partial charge in [-0.15, -0.1) is 0 Å². The Morgan fingerprint density at radius 1 is 1.06 bits per heavy atom. The lowest BCUT2D eigenvalue weighted by molar-refractivity contribution is -0.132. The van der Waals surface area contributed by atoms with Crippen LogP contribution in [0.1, 0.15) is 21.8 Å². The van der Waals surface area contributed by atoms with Crippen molar-refractivity contribution >= 4 is 45.8 Å². The van der Waals surface area contributed by atoms with E-state index in [-0.39, 0.29) is 11.8 Å². The number of nitrogens with zero attached hydrogens (tertiary/aromatic N) is 4. The van der Waals surface area contributed by atoms with Gasteiger partial charge < -0.3 is 20.1 Å². The highest BCUT2D eigenvalue weighted by atomic mass is 35.5. The predicted molar refractivity (Wildman–Crippen MR) is 137 cm³/mol. The number of benzene rings is 1. The molecule has 0 spiro atoms. The normalized spacial score (nSPS) is 14.7. The molecular weight excluding hydrogens is 464 g/mol. The van der Waals surface area contributed by atoms with Gasteiger partial charge in [-0.25, -0.2) is 4.98 Å². The molecule has 35 heavy (non-hydrogen) atoms. The maximum atomic E-state index is 13.1. The van der Waals surface area contributed by atoms with Gasteiger partial charge in [0.2, 0.25) is 5.91 Å². The molecule has 2 N–H and O–H groups in total. The molecule has 8 nitrogen and oxygen atoms in total. The number of aromatic nitrogens is 3. The van der Waals surface area contributed by atoms with Crippen LogP contribution in [0.4, 0.5) is 11.4 Å². The molecule has 3 aromatic heterocycles. The number of nitrogens with one attached hydrogen (secondary N) is 2. The number of amides is 2. The first-order valence-corrected chi connectivity index (χ1v) is 11.7. The predicted octanol–water partition coefficient (Wildman–Crippen LogP) is 4.13. The number of pyridine rings is 2. The lowest BCUT2D eigenvalue weighted by Gasteiger charge is -2.37. The van der Waals surface area contributed by atoms with Crippen LogP contribution in [0.25, 0.3) is 11.0 Å². The lowest BCUT2D eigenvalue weighted by atomic mass is 9.99. The van der Waals surface area contributed by atoms with Crippen LogP contribution in [-0.2, 0) is 4.79 Å². The summed E-state index contributed by atoms with van der Waals surface area (Å²) in [5.41, 5.74) is 3.61. The summed E-state index contributed by atoms with van der Waals surface area (Å²) in [4.78, 5) is 41.4. The van der Waals surface area contributed by atoms with Crippen LogP contribution in [0.3, 0.4) is 0 Å². The number of carbonyl (C=O) groups is 2. The Labute approximate surface area is 207 Å². The molecule has 1 radical (unpaired) electrons. The fourth-order valence-corrected chi connectivity index (χ4v) is 4.44. The van der Waals surface area contributed by atoms with Crippen molar-refractivity contribution < 1.29 is 9.59 Å². The smallest absolute Gasteiger partial charge is 0.257 e. The zero-order valence-electron chi connectivity index (χ0n) is 18.9. The first-order chi connectivity index (χ1) is 17.0. The molecule has 4 heterocycles. The maximum Gasteiger partial charge on any atom is 0.257 e. The van der Waals surface area contributed by atoms with Gasteiger partial charge in [-0.3, -0.25) is 14.6 Å². The summed E-state index contributed by atoms with van der Waals surface area (Å²) >= 11 is 5.97. The van der Waals surface area contributed by atoms with Crippen LogP contribution in [0.5, 0.6) is 0 Å². The maximum absolute atomic E-state index is 13.1. The second-order valence-electron chi connectivity index (χ2n) is 8.37. The molecule has 9 heteroatoms. The Morgan fingerprint density at radius 2 is 1.83 bits per heavy atom. The molecule has 1 aliphatic heterocycles. The zero-order valence-corrected chi connectivity index (χ0v) is 19.7. The Balaban J connectivity index is 1.31. The minimum absolute atomic E-state index is 0.00193. The molecule has 0 aliphatic carbocycles. The number of hydrogen-bond acceptors (Lipinski definition) is 5. The van der Waals surface area contributed by atoms with Gasteiger partial charge in [0.05, 0.1) is 28.2 Å². The topological polar surface area (TPSA) is 94.2 Å². The summed E-state index contributed by atoms with van der Waals surface area (Å²) in [6.45, 7) is 6.53. The fraction of sp³-hybridized carbons (Fsp3) is 0.192. The molecule has 2 amide bonds. The highest BCUT2D eigenvalue weighted by Crippen LogP contribution is 2.33. The van der Waals surface area contributed by atoms with E-state index in [0.29, 0.717) is 48.1 Å². The Kier molecular flexibility index (Phi) is 6.37. The van der Waals surface area contributed by atoms with Crippen molar-refractivity contribution in [2.45, 2.75) is 5.92 Å². The monoisotopic (exact) mass is 487 g/mol. The van der Waals surface area contributed by atoms with Gasteiger partial charge in [-0.05, 0) is 42.8 Å². The van der Waals surface area contributed by atoms with Gasteiger partial charge in [0.1, 0.15) is 5.65 Å². The van der Waals surface area contributed by atoms with Crippen LogP contribution in [0.2, 0.25) is 5.02 Å². The van der Waals surface area contributed by atoms with Crippen LogP contribution < -0.4 is 10.2 Å². The number of fused-ring (bicyclic) bond motifs is 1. The number of hydrogen-bond donors (Lipinski definition) is 2. The van der Waals surface area contributed by atoms with E-state index in [1.54, 1.807) is 42.9 Å². The molecule has 1 aliphatic rings. The molecule has 1 saturated heterocycles. The van der Waals surface area contributed by atoms with Gasteiger partial charge >= 0.3 is 0 Å². The molecular formula is C26H24ClN6O2. The number of halogens is 1. The van der Waals surface area contributed by atoms with E-state index in [1.165, 1.54) is 6.20 Å². The lowest BCUT2D eigenvalue weighted by Crippen LogP contribution is -2.50. The van der Waals surface area contributed by atoms with E-state index in [4.69, 9.17) is 11.6 Å². The van der Waals surface area contributed by atoms with Gasteiger partial charge in [0.15, 0.2) is 0 Å². The van der Waals surface area contributed by atoms with E-state index in [0.717, 1.165) is 16.6 Å². The fourth-order valence-electron chi connectivity index (χ4n) is 4.32. The van der Waals surface area contributed by atoms with E-state index >= 15 is 0 Å². The number of anilines is 2. The number of piperazine rings is 1. The van der Waals surface area contributed by atoms with Crippen LogP contribution in [0, 0.1) is 6.92 Å². The Morgan fingerprint density at radius 3 is 2.54 bits per heavy atom. The number of carbonyl (C=O) groups excluding carboxylic acids is 2. The molecule has 0 saturated carbocycles. The van der Waals surface area contributed by atoms with Gasteiger partial charge in [-0.1, -0.05) is 23.7 Å². The van der Waals surface area contributed by atoms with Crippen molar-refractivity contribution in [2.24, 2.45) is 0 Å². The highest BCUT2D eigenvalue weighted by molar-refractivity contribution is 6.30. The molecule has 0 unspecified atom stereocenters. The van der Waals surface area contributed by atoms with Gasteiger partial charge in [0.25, 0.3) is 5.91 Å². The van der Waals surface area contributed by atoms with Crippen LogP contribution >= 0.6 is 11.6 Å². The standard InChI is InChI=1S/C26H24ClN6O2/c1-17(18-4-6-20(27)7-5-18)26(35)33-13-11-32(12-14-33)22-8-10-29-24-23(22)21(16-30-24)31-25(34)19-3-2-9-28-15-19/h2-10,15-17H,1,11-14H2,(H,29,30)(H,31,34)/t17-/m0/s1. The zero-order chi connectivity index (χ0) is 24.4. The summed E-state index contributed by atoms with van der Waals surface area (Å²) in [7, 11) is 0. The molecule has 5 rings (SSSR count). The summed E-state index contributed by atoms with van der Waals surface area (Å²) in [5, 5.41) is 4.43. The van der Waals surface area contributed by atoms with Crippen molar-refractivity contribution in [2.75, 3.05) is 36.4 Å². The van der Waals surface area contributed by atoms with Gasteiger partial charge in [0, 0.05) is 56.0 Å². The molecule has 1 aromatic carbocycles. The van der Waals surface area contributed by atoms with Crippen molar-refractivity contribution in [1.29, 1.82) is 0 Å². The van der Waals surface area contributed by atoms with Crippen LogP contribution in [0.15, 0.2) is 67.3 Å². The number of rotatable bonds is 5. The summed E-state index contributed by atoms with van der Waals surface area (Å²) in [5.74, 6) is -0.726. The third-order valence-corrected chi connectivity index (χ3v) is 6.48. The quantitative estimate of drug-likeness (QED) is 0.441. The molecule has 1 atom stereocenters. The second kappa shape index (κ2) is 9.76. The first-order valence-electron chi connectivity index (χ1n) is 11.3. The average molecular weight is 488 g/mol. The van der Waals surface area contributed by atoms with Crippen molar-refractivity contribution in [3.63, 3.8) is 0 Å². The average Bonchev–Trinajstić information content (AvgIpc) is 3.32. The van der Waals surface area contributed by atoms with E-state index < -0.39 is 5.92 Å². The third kappa shape index (κ3) is 4.70. The summed E-state index contributed by atoms with van der Waals surface area (Å²) in [6.07, 6.45) is 6.64. The van der Waals surface area contributed by atoms with Crippen molar-refractivity contribution in [3.05, 3.63) is 90.3 Å². The minimum atomic E-state index is -0.481. The molecule has 1 fully saturated rings. The van der Waals surface area contributed by atoms with Gasteiger partial charge in [-0.2, -0.15) is 0 Å². The summed E-state index contributed by atoms with van der Waals surface area (Å²) < 4.78 is 0. The number of aromatic amines is 1. The van der Waals surface area contributed by atoms with Crippen molar-refractivity contribution in [1.82, 2.24) is 19.9 Å². The highest BCUT2D eigenvalue weighted by Gasteiger charge is 2.27. The Bertz CT molecular complexity index is 1350. The summed E-state index contributed by atoms with van der Waals surface area (Å²) in [6, 6.07) is 12.6. The third-order valence-electron chi connectivity index (χ3n) is 6.23. The second-order valence-corrected chi connectivity index (χ2v) is 8.80. The Hall–Kier alpha value is -3.91. The van der Waals surface area contributed by atoms with Crippen LogP contribution in [-0.4, -0.2) is 57.8 Å².